The van der Waals surface area contributed by atoms with E-state index in [4.69, 9.17) is 0 Å². The van der Waals surface area contributed by atoms with Crippen LogP contribution in [0.5, 0.6) is 0 Å². The number of carbonyl (C=O) groups is 2. The maximum absolute atomic E-state index is 12.9. The van der Waals surface area contributed by atoms with Crippen molar-refractivity contribution in [3.8, 4) is 0 Å². The number of hydrogen-bond acceptors (Lipinski definition) is 2. The first-order chi connectivity index (χ1) is 10.9. The minimum Gasteiger partial charge on any atom is -0.347 e. The van der Waals surface area contributed by atoms with Crippen LogP contribution < -0.4 is 15.5 Å². The maximum atomic E-state index is 12.9. The number of likely N-dealkylation sites (N-methyl/N-ethyl adjacent to an activating group) is 1. The van der Waals surface area contributed by atoms with Crippen molar-refractivity contribution in [2.75, 3.05) is 25.5 Å². The zero-order chi connectivity index (χ0) is 18.5. The lowest BCUT2D eigenvalue weighted by atomic mass is 10.1. The topological polar surface area (TPSA) is 62.6 Å². The second-order valence-electron chi connectivity index (χ2n) is 6.70. The van der Waals surface area contributed by atoms with E-state index in [9.17, 15) is 22.8 Å². The Labute approximate surface area is 139 Å². The van der Waals surface area contributed by atoms with Crippen LogP contribution in [-0.2, 0) is 15.8 Å². The third kappa shape index (κ3) is 6.99. The van der Waals surface area contributed by atoms with E-state index >= 15 is 0 Å². The van der Waals surface area contributed by atoms with Gasteiger partial charge in [0.15, 0.2) is 13.1 Å². The van der Waals surface area contributed by atoms with Crippen LogP contribution in [0, 0.1) is 0 Å². The largest absolute Gasteiger partial charge is 0.418 e. The van der Waals surface area contributed by atoms with Gasteiger partial charge in [0.05, 0.1) is 18.3 Å². The molecule has 0 bridgehead atoms. The monoisotopic (exact) mass is 346 g/mol. The van der Waals surface area contributed by atoms with Crippen molar-refractivity contribution in [3.05, 3.63) is 29.8 Å². The Kier molecular flexibility index (Phi) is 6.36. The van der Waals surface area contributed by atoms with Gasteiger partial charge in [-0.1, -0.05) is 12.1 Å². The van der Waals surface area contributed by atoms with Crippen molar-refractivity contribution in [1.29, 1.82) is 0 Å². The quantitative estimate of drug-likeness (QED) is 0.747. The van der Waals surface area contributed by atoms with Crippen molar-refractivity contribution >= 4 is 17.5 Å². The fourth-order valence-electron chi connectivity index (χ4n) is 2.11. The second-order valence-corrected chi connectivity index (χ2v) is 6.70. The molecule has 0 aliphatic carbocycles. The Hall–Kier alpha value is -2.09. The number of rotatable bonds is 5. The molecule has 1 rings (SSSR count). The standard InChI is InChI=1S/C16H22F3N3O2/c1-15(2,3)21-14(24)10-22(4)9-13(23)20-12-8-6-5-7-11(12)16(17,18)19/h5-8H,9-10H2,1-4H3,(H,20,23)(H,21,24)/p+1. The third-order valence-electron chi connectivity index (χ3n) is 2.95. The summed E-state index contributed by atoms with van der Waals surface area (Å²) in [5.74, 6) is -0.823. The van der Waals surface area contributed by atoms with Gasteiger partial charge in [0.2, 0.25) is 0 Å². The average molecular weight is 346 g/mol. The van der Waals surface area contributed by atoms with Gasteiger partial charge >= 0.3 is 6.18 Å². The molecule has 1 atom stereocenters. The van der Waals surface area contributed by atoms with E-state index in [1.54, 1.807) is 7.05 Å². The minimum absolute atomic E-state index is 0.0472. The zero-order valence-corrected chi connectivity index (χ0v) is 14.2. The molecule has 3 N–H and O–H groups in total. The van der Waals surface area contributed by atoms with Crippen LogP contribution >= 0.6 is 0 Å². The lowest BCUT2D eigenvalue weighted by Gasteiger charge is -2.22. The van der Waals surface area contributed by atoms with Gasteiger partial charge in [-0.15, -0.1) is 0 Å². The Bertz CT molecular complexity index is 595. The fourth-order valence-corrected chi connectivity index (χ4v) is 2.11. The number of carbonyl (C=O) groups excluding carboxylic acids is 2. The molecule has 1 unspecified atom stereocenters. The van der Waals surface area contributed by atoms with E-state index in [-0.39, 0.29) is 30.2 Å². The highest BCUT2D eigenvalue weighted by atomic mass is 19.4. The number of hydrogen-bond donors (Lipinski definition) is 3. The smallest absolute Gasteiger partial charge is 0.347 e. The van der Waals surface area contributed by atoms with Crippen molar-refractivity contribution < 1.29 is 27.7 Å². The van der Waals surface area contributed by atoms with Crippen LogP contribution in [0.1, 0.15) is 26.3 Å². The molecule has 1 aromatic rings. The Morgan fingerprint density at radius 2 is 1.58 bits per heavy atom. The number of para-hydroxylation sites is 1. The lowest BCUT2D eigenvalue weighted by Crippen LogP contribution is -3.11. The molecule has 0 fully saturated rings. The lowest BCUT2D eigenvalue weighted by molar-refractivity contribution is -0.862. The fraction of sp³-hybridized carbons (Fsp3) is 0.500. The predicted octanol–water partition coefficient (Wildman–Crippen LogP) is 1.07. The highest BCUT2D eigenvalue weighted by Crippen LogP contribution is 2.34. The van der Waals surface area contributed by atoms with Crippen LogP contribution in [0.25, 0.3) is 0 Å². The molecule has 0 saturated carbocycles. The van der Waals surface area contributed by atoms with Gasteiger partial charge in [0.1, 0.15) is 0 Å². The van der Waals surface area contributed by atoms with E-state index in [2.05, 4.69) is 10.6 Å². The Morgan fingerprint density at radius 1 is 1.04 bits per heavy atom. The van der Waals surface area contributed by atoms with E-state index < -0.39 is 17.6 Å². The number of halogens is 3. The molecule has 0 aromatic heterocycles. The zero-order valence-electron chi connectivity index (χ0n) is 14.2. The van der Waals surface area contributed by atoms with Crippen molar-refractivity contribution in [2.24, 2.45) is 0 Å². The van der Waals surface area contributed by atoms with Crippen molar-refractivity contribution in [3.63, 3.8) is 0 Å². The minimum atomic E-state index is -4.55. The first-order valence-electron chi connectivity index (χ1n) is 7.47. The summed E-state index contributed by atoms with van der Waals surface area (Å²) < 4.78 is 38.6. The molecule has 5 nitrogen and oxygen atoms in total. The molecule has 24 heavy (non-hydrogen) atoms. The van der Waals surface area contributed by atoms with Gasteiger partial charge in [-0.2, -0.15) is 13.2 Å². The van der Waals surface area contributed by atoms with E-state index in [1.165, 1.54) is 18.2 Å². The Morgan fingerprint density at radius 3 is 2.12 bits per heavy atom. The van der Waals surface area contributed by atoms with Gasteiger partial charge < -0.3 is 15.5 Å². The van der Waals surface area contributed by atoms with Gasteiger partial charge in [-0.25, -0.2) is 0 Å². The van der Waals surface area contributed by atoms with Gasteiger partial charge in [0, 0.05) is 5.54 Å². The molecular formula is C16H23F3N3O2+. The highest BCUT2D eigenvalue weighted by Gasteiger charge is 2.33. The normalized spacial score (nSPS) is 13.3. The summed E-state index contributed by atoms with van der Waals surface area (Å²) in [6.45, 7) is 5.43. The van der Waals surface area contributed by atoms with Gasteiger partial charge in [-0.05, 0) is 32.9 Å². The molecule has 134 valence electrons. The third-order valence-corrected chi connectivity index (χ3v) is 2.95. The molecule has 0 radical (unpaired) electrons. The average Bonchev–Trinajstić information content (AvgIpc) is 2.34. The number of anilines is 1. The first-order valence-corrected chi connectivity index (χ1v) is 7.47. The molecule has 0 saturated heterocycles. The maximum Gasteiger partial charge on any atom is 0.418 e. The van der Waals surface area contributed by atoms with Crippen LogP contribution in [0.15, 0.2) is 24.3 Å². The number of amides is 2. The number of alkyl halides is 3. The second kappa shape index (κ2) is 7.65. The van der Waals surface area contributed by atoms with Gasteiger partial charge in [-0.3, -0.25) is 9.59 Å². The summed E-state index contributed by atoms with van der Waals surface area (Å²) in [6.07, 6.45) is -4.55. The van der Waals surface area contributed by atoms with Crippen LogP contribution in [0.4, 0.5) is 18.9 Å². The highest BCUT2D eigenvalue weighted by molar-refractivity contribution is 5.92. The van der Waals surface area contributed by atoms with E-state index in [0.717, 1.165) is 6.07 Å². The molecule has 2 amide bonds. The summed E-state index contributed by atoms with van der Waals surface area (Å²) in [7, 11) is 1.62. The Balaban J connectivity index is 2.63. The molecule has 0 spiro atoms. The number of benzene rings is 1. The van der Waals surface area contributed by atoms with Crippen LogP contribution in [0.3, 0.4) is 0 Å². The summed E-state index contributed by atoms with van der Waals surface area (Å²) in [5, 5.41) is 5.02. The van der Waals surface area contributed by atoms with E-state index in [0.29, 0.717) is 4.90 Å². The van der Waals surface area contributed by atoms with Crippen molar-refractivity contribution in [1.82, 2.24) is 5.32 Å². The van der Waals surface area contributed by atoms with Crippen LogP contribution in [-0.4, -0.2) is 37.5 Å². The SMILES string of the molecule is C[NH+](CC(=O)Nc1ccccc1C(F)(F)F)CC(=O)NC(C)(C)C. The molecule has 1 aromatic carbocycles. The summed E-state index contributed by atoms with van der Waals surface area (Å²) in [4.78, 5) is 24.3. The summed E-state index contributed by atoms with van der Waals surface area (Å²) in [6, 6.07) is 4.77. The predicted molar refractivity (Wildman–Crippen MR) is 84.6 cm³/mol. The number of quaternary nitrogens is 1. The van der Waals surface area contributed by atoms with Crippen LogP contribution in [0.2, 0.25) is 0 Å². The van der Waals surface area contributed by atoms with E-state index in [1.807, 2.05) is 20.8 Å². The van der Waals surface area contributed by atoms with Gasteiger partial charge in [0.25, 0.3) is 11.8 Å². The number of nitrogens with one attached hydrogen (secondary N) is 3. The van der Waals surface area contributed by atoms with Crippen molar-refractivity contribution in [2.45, 2.75) is 32.5 Å². The summed E-state index contributed by atoms with van der Waals surface area (Å²) in [5.41, 5.74) is -1.57. The summed E-state index contributed by atoms with van der Waals surface area (Å²) >= 11 is 0. The molecular weight excluding hydrogens is 323 g/mol. The molecule has 0 aliphatic rings. The molecule has 8 heteroatoms. The molecule has 0 heterocycles. The molecule has 0 aliphatic heterocycles. The first kappa shape index (κ1) is 20.0.